The van der Waals surface area contributed by atoms with E-state index in [1.165, 1.54) is 0 Å². The van der Waals surface area contributed by atoms with Crippen LogP contribution in [0.15, 0.2) is 25.0 Å². The molecular weight excluding hydrogens is 436 g/mol. The third-order valence-electron chi connectivity index (χ3n) is 4.16. The summed E-state index contributed by atoms with van der Waals surface area (Å²) in [6, 6.07) is 1.07. The van der Waals surface area contributed by atoms with Crippen LogP contribution in [0.2, 0.25) is 0 Å². The molecule has 1 aliphatic carbocycles. The molecule has 2 aliphatic rings. The van der Waals surface area contributed by atoms with Crippen molar-refractivity contribution in [1.29, 1.82) is 0 Å². The van der Waals surface area contributed by atoms with Gasteiger partial charge in [-0.3, -0.25) is 4.90 Å². The van der Waals surface area contributed by atoms with Crippen molar-refractivity contribution in [3.8, 4) is 0 Å². The van der Waals surface area contributed by atoms with Crippen LogP contribution in [0.4, 0.5) is 14.5 Å². The van der Waals surface area contributed by atoms with Gasteiger partial charge in [0.2, 0.25) is 11.9 Å². The Kier molecular flexibility index (Phi) is 4.35. The molecule has 0 atom stereocenters. The van der Waals surface area contributed by atoms with Crippen LogP contribution in [0, 0.1) is 11.6 Å². The number of benzene rings is 1. The number of nitrogens with zero attached hydrogens (tertiary/aromatic N) is 3. The molecule has 124 valence electrons. The van der Waals surface area contributed by atoms with Crippen molar-refractivity contribution in [2.45, 2.75) is 37.8 Å². The van der Waals surface area contributed by atoms with Crippen molar-refractivity contribution in [3.05, 3.63) is 26.6 Å². The van der Waals surface area contributed by atoms with Crippen molar-refractivity contribution < 1.29 is 8.78 Å². The zero-order chi connectivity index (χ0) is 16.8. The van der Waals surface area contributed by atoms with E-state index in [9.17, 15) is 8.78 Å². The normalized spacial score (nSPS) is 20.4. The molecule has 3 rings (SSSR count). The third-order valence-corrected chi connectivity index (χ3v) is 5.49. The highest BCUT2D eigenvalue weighted by Gasteiger charge is 2.44. The molecule has 1 aliphatic heterocycles. The molecule has 0 bridgehead atoms. The molecule has 0 saturated heterocycles. The van der Waals surface area contributed by atoms with E-state index < -0.39 is 17.3 Å². The lowest BCUT2D eigenvalue weighted by Gasteiger charge is -2.46. The SMILES string of the molecule is NC1=NC2(CCCCC2)N(c2c(Br)cc(F)c(F)c2Br)C(N)=N1. The molecule has 0 amide bonds. The van der Waals surface area contributed by atoms with Crippen LogP contribution < -0.4 is 16.4 Å². The van der Waals surface area contributed by atoms with E-state index in [0.29, 0.717) is 23.0 Å². The summed E-state index contributed by atoms with van der Waals surface area (Å²) in [6.45, 7) is 0. The van der Waals surface area contributed by atoms with Crippen molar-refractivity contribution in [3.63, 3.8) is 0 Å². The molecule has 5 nitrogen and oxygen atoms in total. The van der Waals surface area contributed by atoms with Crippen molar-refractivity contribution in [1.82, 2.24) is 0 Å². The molecule has 1 fully saturated rings. The average molecular weight is 451 g/mol. The fourth-order valence-corrected chi connectivity index (χ4v) is 4.63. The highest BCUT2D eigenvalue weighted by atomic mass is 79.9. The minimum Gasteiger partial charge on any atom is -0.369 e. The maximum Gasteiger partial charge on any atom is 0.220 e. The van der Waals surface area contributed by atoms with Crippen LogP contribution in [0.5, 0.6) is 0 Å². The Morgan fingerprint density at radius 1 is 1.13 bits per heavy atom. The second-order valence-electron chi connectivity index (χ2n) is 5.64. The summed E-state index contributed by atoms with van der Waals surface area (Å²) in [4.78, 5) is 10.2. The molecule has 1 aromatic carbocycles. The summed E-state index contributed by atoms with van der Waals surface area (Å²) < 4.78 is 28.0. The lowest BCUT2D eigenvalue weighted by Crippen LogP contribution is -2.58. The molecule has 4 N–H and O–H groups in total. The Hall–Kier alpha value is -1.22. The number of aliphatic imine (C=N–C) groups is 2. The van der Waals surface area contributed by atoms with Crippen LogP contribution in [0.1, 0.15) is 32.1 Å². The predicted octanol–water partition coefficient (Wildman–Crippen LogP) is 3.60. The van der Waals surface area contributed by atoms with Crippen LogP contribution in [0.25, 0.3) is 0 Å². The maximum absolute atomic E-state index is 14.1. The Balaban J connectivity index is 2.21. The molecule has 1 saturated carbocycles. The maximum atomic E-state index is 14.1. The Bertz CT molecular complexity index is 714. The Labute approximate surface area is 149 Å². The van der Waals surface area contributed by atoms with Gasteiger partial charge in [0.1, 0.15) is 5.66 Å². The van der Waals surface area contributed by atoms with Crippen molar-refractivity contribution in [2.75, 3.05) is 4.90 Å². The second-order valence-corrected chi connectivity index (χ2v) is 7.28. The first-order valence-electron chi connectivity index (χ1n) is 7.18. The number of hydrogen-bond acceptors (Lipinski definition) is 5. The summed E-state index contributed by atoms with van der Waals surface area (Å²) in [5, 5.41) is 0. The molecule has 23 heavy (non-hydrogen) atoms. The molecular formula is C14H15Br2F2N5. The molecule has 1 spiro atoms. The predicted molar refractivity (Wildman–Crippen MR) is 93.3 cm³/mol. The van der Waals surface area contributed by atoms with Gasteiger partial charge >= 0.3 is 0 Å². The minimum atomic E-state index is -0.982. The fraction of sp³-hybridized carbons (Fsp3) is 0.429. The first-order chi connectivity index (χ1) is 10.9. The topological polar surface area (TPSA) is 80.0 Å². The van der Waals surface area contributed by atoms with E-state index >= 15 is 0 Å². The Morgan fingerprint density at radius 3 is 2.43 bits per heavy atom. The van der Waals surface area contributed by atoms with E-state index in [2.05, 4.69) is 41.8 Å². The summed E-state index contributed by atoms with van der Waals surface area (Å²) in [7, 11) is 0. The number of anilines is 1. The van der Waals surface area contributed by atoms with Gasteiger partial charge in [0.05, 0.1) is 10.2 Å². The summed E-state index contributed by atoms with van der Waals surface area (Å²) in [6.07, 6.45) is 4.39. The monoisotopic (exact) mass is 449 g/mol. The average Bonchev–Trinajstić information content (AvgIpc) is 2.48. The fourth-order valence-electron chi connectivity index (χ4n) is 3.21. The highest BCUT2D eigenvalue weighted by Crippen LogP contribution is 2.45. The number of rotatable bonds is 1. The van der Waals surface area contributed by atoms with Gasteiger partial charge in [-0.15, -0.1) is 0 Å². The van der Waals surface area contributed by atoms with Gasteiger partial charge in [-0.1, -0.05) is 6.42 Å². The van der Waals surface area contributed by atoms with Gasteiger partial charge in [-0.25, -0.2) is 13.8 Å². The smallest absolute Gasteiger partial charge is 0.220 e. The zero-order valence-corrected chi connectivity index (χ0v) is 15.3. The quantitative estimate of drug-likeness (QED) is 0.506. The largest absolute Gasteiger partial charge is 0.369 e. The summed E-state index contributed by atoms with van der Waals surface area (Å²) in [5.41, 5.74) is 11.5. The first kappa shape index (κ1) is 16.6. The van der Waals surface area contributed by atoms with Crippen molar-refractivity contribution >= 4 is 49.5 Å². The molecule has 1 aromatic rings. The van der Waals surface area contributed by atoms with E-state index in [0.717, 1.165) is 25.3 Å². The van der Waals surface area contributed by atoms with Crippen LogP contribution in [-0.4, -0.2) is 17.6 Å². The number of nitrogens with two attached hydrogens (primary N) is 2. The van der Waals surface area contributed by atoms with E-state index in [1.54, 1.807) is 4.90 Å². The number of halogens is 4. The van der Waals surface area contributed by atoms with E-state index in [1.807, 2.05) is 0 Å². The first-order valence-corrected chi connectivity index (χ1v) is 8.77. The lowest BCUT2D eigenvalue weighted by atomic mass is 9.87. The molecule has 9 heteroatoms. The van der Waals surface area contributed by atoms with E-state index in [4.69, 9.17) is 11.5 Å². The zero-order valence-electron chi connectivity index (χ0n) is 12.1. The highest BCUT2D eigenvalue weighted by molar-refractivity contribution is 9.11. The molecule has 0 radical (unpaired) electrons. The van der Waals surface area contributed by atoms with Gasteiger partial charge in [-0.05, 0) is 63.6 Å². The standard InChI is InChI=1S/C14H15Br2F2N5/c15-7-6-8(17)10(18)9(16)11(7)23-13(20)21-12(19)22-14(23)4-2-1-3-5-14/h6H,1-5H2,(H4,19,20,21,22). The Morgan fingerprint density at radius 2 is 1.78 bits per heavy atom. The van der Waals surface area contributed by atoms with Gasteiger partial charge in [0, 0.05) is 4.47 Å². The number of hydrogen-bond donors (Lipinski definition) is 2. The van der Waals surface area contributed by atoms with Crippen LogP contribution in [0.3, 0.4) is 0 Å². The van der Waals surface area contributed by atoms with Gasteiger partial charge in [0.15, 0.2) is 11.6 Å². The summed E-state index contributed by atoms with van der Waals surface area (Å²) in [5.74, 6) is -1.72. The number of guanidine groups is 2. The lowest BCUT2D eigenvalue weighted by molar-refractivity contribution is 0.305. The van der Waals surface area contributed by atoms with Gasteiger partial charge in [-0.2, -0.15) is 4.99 Å². The van der Waals surface area contributed by atoms with Crippen molar-refractivity contribution in [2.24, 2.45) is 21.5 Å². The van der Waals surface area contributed by atoms with Gasteiger partial charge in [0.25, 0.3) is 0 Å². The summed E-state index contributed by atoms with van der Waals surface area (Å²) >= 11 is 6.42. The third kappa shape index (κ3) is 2.73. The second kappa shape index (κ2) is 6.01. The van der Waals surface area contributed by atoms with Crippen LogP contribution in [-0.2, 0) is 0 Å². The minimum absolute atomic E-state index is 0.0249. The molecule has 0 unspecified atom stereocenters. The molecule has 1 heterocycles. The van der Waals surface area contributed by atoms with Gasteiger partial charge < -0.3 is 11.5 Å². The van der Waals surface area contributed by atoms with E-state index in [-0.39, 0.29) is 16.4 Å². The molecule has 0 aromatic heterocycles. The van der Waals surface area contributed by atoms with Crippen LogP contribution >= 0.6 is 31.9 Å².